The summed E-state index contributed by atoms with van der Waals surface area (Å²) in [6, 6.07) is 9.97. The van der Waals surface area contributed by atoms with E-state index in [-0.39, 0.29) is 22.9 Å². The van der Waals surface area contributed by atoms with Gasteiger partial charge in [0.15, 0.2) is 0 Å². The summed E-state index contributed by atoms with van der Waals surface area (Å²) in [4.78, 5) is -0.116. The van der Waals surface area contributed by atoms with Crippen molar-refractivity contribution in [3.63, 3.8) is 0 Å². The number of primary sulfonamides is 1. The number of benzene rings is 2. The van der Waals surface area contributed by atoms with Crippen LogP contribution < -0.4 is 15.6 Å². The van der Waals surface area contributed by atoms with E-state index in [0.29, 0.717) is 5.56 Å². The van der Waals surface area contributed by atoms with E-state index in [9.17, 15) is 12.8 Å². The van der Waals surface area contributed by atoms with Gasteiger partial charge in [-0.3, -0.25) is 0 Å². The summed E-state index contributed by atoms with van der Waals surface area (Å²) in [7, 11) is -3.84. The van der Waals surface area contributed by atoms with E-state index in [1.165, 1.54) is 24.3 Å². The summed E-state index contributed by atoms with van der Waals surface area (Å²) in [5.41, 5.74) is 6.27. The number of nitrogens with two attached hydrogens (primary N) is 2. The lowest BCUT2D eigenvalue weighted by Gasteiger charge is -2.10. The molecule has 0 saturated heterocycles. The normalized spacial score (nSPS) is 11.3. The summed E-state index contributed by atoms with van der Waals surface area (Å²) >= 11 is 0. The molecule has 2 aromatic carbocycles. The Morgan fingerprint density at radius 2 is 1.85 bits per heavy atom. The minimum absolute atomic E-state index is 0.0645. The average molecular weight is 296 g/mol. The van der Waals surface area contributed by atoms with Gasteiger partial charge in [-0.05, 0) is 18.2 Å². The lowest BCUT2D eigenvalue weighted by molar-refractivity contribution is 0.300. The Balaban J connectivity index is 2.24. The Morgan fingerprint density at radius 1 is 1.15 bits per heavy atom. The van der Waals surface area contributed by atoms with Gasteiger partial charge in [-0.1, -0.05) is 18.2 Å². The second-order valence-corrected chi connectivity index (χ2v) is 5.69. The maximum absolute atomic E-state index is 13.4. The molecule has 7 heteroatoms. The standard InChI is InChI=1S/C13H13FN2O3S/c14-11-4-2-1-3-9(11)8-19-13-7-10(20(16,17)18)5-6-12(13)15/h1-7H,8,15H2,(H2,16,17,18). The van der Waals surface area contributed by atoms with Crippen molar-refractivity contribution in [2.75, 3.05) is 5.73 Å². The van der Waals surface area contributed by atoms with Crippen LogP contribution in [0.25, 0.3) is 0 Å². The largest absolute Gasteiger partial charge is 0.487 e. The van der Waals surface area contributed by atoms with Crippen molar-refractivity contribution >= 4 is 15.7 Å². The van der Waals surface area contributed by atoms with E-state index in [4.69, 9.17) is 15.6 Å². The summed E-state index contributed by atoms with van der Waals surface area (Å²) in [6.45, 7) is -0.0645. The summed E-state index contributed by atoms with van der Waals surface area (Å²) in [5, 5.41) is 5.02. The molecule has 0 saturated carbocycles. The van der Waals surface area contributed by atoms with E-state index in [2.05, 4.69) is 0 Å². The van der Waals surface area contributed by atoms with Crippen LogP contribution in [0.1, 0.15) is 5.56 Å². The number of hydrogen-bond donors (Lipinski definition) is 2. The van der Waals surface area contributed by atoms with Crippen LogP contribution in [0.4, 0.5) is 10.1 Å². The van der Waals surface area contributed by atoms with Gasteiger partial charge >= 0.3 is 0 Å². The van der Waals surface area contributed by atoms with Gasteiger partial charge < -0.3 is 10.5 Å². The van der Waals surface area contributed by atoms with Gasteiger partial charge in [0, 0.05) is 11.6 Å². The summed E-state index contributed by atoms with van der Waals surface area (Å²) < 4.78 is 41.3. The van der Waals surface area contributed by atoms with E-state index >= 15 is 0 Å². The minimum Gasteiger partial charge on any atom is -0.487 e. The molecule has 2 aromatic rings. The van der Waals surface area contributed by atoms with Crippen molar-refractivity contribution < 1.29 is 17.5 Å². The van der Waals surface area contributed by atoms with Crippen molar-refractivity contribution in [1.29, 1.82) is 0 Å². The lowest BCUT2D eigenvalue weighted by atomic mass is 10.2. The van der Waals surface area contributed by atoms with Crippen LogP contribution in [-0.2, 0) is 16.6 Å². The topological polar surface area (TPSA) is 95.4 Å². The molecular formula is C13H13FN2O3S. The number of ether oxygens (including phenoxy) is 1. The summed E-state index contributed by atoms with van der Waals surface area (Å²) in [6.07, 6.45) is 0. The van der Waals surface area contributed by atoms with E-state index < -0.39 is 15.8 Å². The molecule has 4 N–H and O–H groups in total. The third-order valence-corrected chi connectivity index (χ3v) is 3.57. The molecule has 0 spiro atoms. The molecule has 2 rings (SSSR count). The predicted octanol–water partition coefficient (Wildman–Crippen LogP) is 1.63. The van der Waals surface area contributed by atoms with Crippen LogP contribution in [-0.4, -0.2) is 8.42 Å². The molecule has 0 aliphatic heterocycles. The highest BCUT2D eigenvalue weighted by Crippen LogP contribution is 2.25. The SMILES string of the molecule is Nc1ccc(S(N)(=O)=O)cc1OCc1ccccc1F. The molecule has 0 aliphatic carbocycles. The Kier molecular flexibility index (Phi) is 3.91. The number of hydrogen-bond acceptors (Lipinski definition) is 4. The highest BCUT2D eigenvalue weighted by Gasteiger charge is 2.11. The third kappa shape index (κ3) is 3.25. The van der Waals surface area contributed by atoms with Crippen LogP contribution in [0.5, 0.6) is 5.75 Å². The molecule has 0 radical (unpaired) electrons. The van der Waals surface area contributed by atoms with Gasteiger partial charge in [0.1, 0.15) is 18.2 Å². The number of sulfonamides is 1. The fourth-order valence-electron chi connectivity index (χ4n) is 1.59. The monoisotopic (exact) mass is 296 g/mol. The maximum Gasteiger partial charge on any atom is 0.238 e. The Labute approximate surface area is 116 Å². The van der Waals surface area contributed by atoms with E-state index in [1.54, 1.807) is 18.2 Å². The molecule has 0 atom stereocenters. The van der Waals surface area contributed by atoms with Crippen molar-refractivity contribution in [3.05, 3.63) is 53.8 Å². The van der Waals surface area contributed by atoms with E-state index in [1.807, 2.05) is 0 Å². The predicted molar refractivity (Wildman–Crippen MR) is 73.0 cm³/mol. The number of halogens is 1. The molecule has 0 unspecified atom stereocenters. The molecule has 0 heterocycles. The fourth-order valence-corrected chi connectivity index (χ4v) is 2.12. The first-order valence-electron chi connectivity index (χ1n) is 5.66. The van der Waals surface area contributed by atoms with Crippen LogP contribution in [0.2, 0.25) is 0 Å². The Morgan fingerprint density at radius 3 is 2.50 bits per heavy atom. The quantitative estimate of drug-likeness (QED) is 0.838. The van der Waals surface area contributed by atoms with Crippen molar-refractivity contribution in [2.45, 2.75) is 11.5 Å². The highest BCUT2D eigenvalue weighted by molar-refractivity contribution is 7.89. The van der Waals surface area contributed by atoms with Crippen molar-refractivity contribution in [1.82, 2.24) is 0 Å². The molecule has 0 bridgehead atoms. The second kappa shape index (κ2) is 5.48. The minimum atomic E-state index is -3.84. The lowest BCUT2D eigenvalue weighted by Crippen LogP contribution is -2.12. The second-order valence-electron chi connectivity index (χ2n) is 4.12. The van der Waals surface area contributed by atoms with Crippen LogP contribution >= 0.6 is 0 Å². The fraction of sp³-hybridized carbons (Fsp3) is 0.0769. The molecule has 0 aromatic heterocycles. The van der Waals surface area contributed by atoms with Gasteiger partial charge in [-0.15, -0.1) is 0 Å². The zero-order valence-electron chi connectivity index (χ0n) is 10.4. The van der Waals surface area contributed by atoms with Gasteiger partial charge in [0.05, 0.1) is 10.6 Å². The number of anilines is 1. The zero-order chi connectivity index (χ0) is 14.8. The highest BCUT2D eigenvalue weighted by atomic mass is 32.2. The van der Waals surface area contributed by atoms with Crippen LogP contribution in [0.3, 0.4) is 0 Å². The molecule has 20 heavy (non-hydrogen) atoms. The Bertz CT molecular complexity index is 732. The van der Waals surface area contributed by atoms with E-state index in [0.717, 1.165) is 0 Å². The van der Waals surface area contributed by atoms with Crippen LogP contribution in [0.15, 0.2) is 47.4 Å². The van der Waals surface area contributed by atoms with Crippen molar-refractivity contribution in [2.24, 2.45) is 5.14 Å². The first-order valence-corrected chi connectivity index (χ1v) is 7.21. The first kappa shape index (κ1) is 14.3. The van der Waals surface area contributed by atoms with Gasteiger partial charge in [0.2, 0.25) is 10.0 Å². The zero-order valence-corrected chi connectivity index (χ0v) is 11.2. The molecular weight excluding hydrogens is 283 g/mol. The summed E-state index contributed by atoms with van der Waals surface area (Å²) in [5.74, 6) is -0.270. The smallest absolute Gasteiger partial charge is 0.238 e. The molecule has 5 nitrogen and oxygen atoms in total. The number of rotatable bonds is 4. The van der Waals surface area contributed by atoms with Gasteiger partial charge in [0.25, 0.3) is 0 Å². The first-order chi connectivity index (χ1) is 9.38. The maximum atomic E-state index is 13.4. The van der Waals surface area contributed by atoms with Crippen molar-refractivity contribution in [3.8, 4) is 5.75 Å². The average Bonchev–Trinajstić information content (AvgIpc) is 2.38. The molecule has 106 valence electrons. The Hall–Kier alpha value is -2.12. The van der Waals surface area contributed by atoms with Gasteiger partial charge in [-0.25, -0.2) is 17.9 Å². The molecule has 0 amide bonds. The third-order valence-electron chi connectivity index (χ3n) is 2.65. The molecule has 0 aliphatic rings. The van der Waals surface area contributed by atoms with Crippen LogP contribution in [0, 0.1) is 5.82 Å². The van der Waals surface area contributed by atoms with Gasteiger partial charge in [-0.2, -0.15) is 0 Å². The number of nitrogen functional groups attached to an aromatic ring is 1. The molecule has 0 fully saturated rings.